The number of anilines is 1. The van der Waals surface area contributed by atoms with E-state index in [9.17, 15) is 9.90 Å². The maximum Gasteiger partial charge on any atom is 0.323 e. The van der Waals surface area contributed by atoms with E-state index in [1.54, 1.807) is 19.6 Å². The van der Waals surface area contributed by atoms with Crippen molar-refractivity contribution in [2.24, 2.45) is 0 Å². The summed E-state index contributed by atoms with van der Waals surface area (Å²) < 4.78 is 7.39. The third kappa shape index (κ3) is 3.02. The van der Waals surface area contributed by atoms with Crippen molar-refractivity contribution in [2.45, 2.75) is 31.8 Å². The minimum Gasteiger partial charge on any atom is -0.497 e. The van der Waals surface area contributed by atoms with Gasteiger partial charge in [-0.15, -0.1) is 0 Å². The van der Waals surface area contributed by atoms with Gasteiger partial charge in [-0.2, -0.15) is 0 Å². The van der Waals surface area contributed by atoms with Crippen molar-refractivity contribution in [3.63, 3.8) is 0 Å². The minimum absolute atomic E-state index is 0.0159. The third-order valence-corrected chi connectivity index (χ3v) is 4.58. The molecule has 0 spiro atoms. The minimum atomic E-state index is -0.811. The summed E-state index contributed by atoms with van der Waals surface area (Å²) in [5.41, 5.74) is 2.16. The molecule has 0 amide bonds. The van der Waals surface area contributed by atoms with E-state index < -0.39 is 5.97 Å². The first kappa shape index (κ1) is 15.4. The molecule has 1 aromatic carbocycles. The lowest BCUT2D eigenvalue weighted by molar-refractivity contribution is -0.135. The summed E-state index contributed by atoms with van der Waals surface area (Å²) in [4.78, 5) is 17.2. The van der Waals surface area contributed by atoms with Crippen LogP contribution in [0.25, 0.3) is 0 Å². The van der Waals surface area contributed by atoms with Crippen LogP contribution in [0, 0.1) is 0 Å². The number of carbonyl (C=O) groups is 1. The molecule has 0 radical (unpaired) electrons. The van der Waals surface area contributed by atoms with Gasteiger partial charge < -0.3 is 19.3 Å². The summed E-state index contributed by atoms with van der Waals surface area (Å²) >= 11 is 0. The van der Waals surface area contributed by atoms with E-state index in [0.717, 1.165) is 24.4 Å². The number of hydrogen-bond donors (Lipinski definition) is 1. The molecule has 6 heteroatoms. The van der Waals surface area contributed by atoms with E-state index in [1.807, 2.05) is 33.9 Å². The van der Waals surface area contributed by atoms with Crippen molar-refractivity contribution in [3.8, 4) is 5.75 Å². The number of carboxylic acids is 1. The molecular formula is C17H21N3O3. The van der Waals surface area contributed by atoms with E-state index in [1.165, 1.54) is 5.56 Å². The maximum absolute atomic E-state index is 11.2. The molecule has 1 N–H and O–H groups in total. The predicted octanol–water partition coefficient (Wildman–Crippen LogP) is 2.36. The van der Waals surface area contributed by atoms with Crippen LogP contribution in [-0.2, 0) is 11.3 Å². The van der Waals surface area contributed by atoms with E-state index >= 15 is 0 Å². The van der Waals surface area contributed by atoms with Gasteiger partial charge in [0.15, 0.2) is 0 Å². The van der Waals surface area contributed by atoms with Crippen molar-refractivity contribution >= 4 is 11.7 Å². The van der Waals surface area contributed by atoms with Gasteiger partial charge in [-0.25, -0.2) is 4.98 Å². The molecule has 122 valence electrons. The van der Waals surface area contributed by atoms with Gasteiger partial charge in [0.25, 0.3) is 0 Å². The molecule has 23 heavy (non-hydrogen) atoms. The molecule has 6 nitrogen and oxygen atoms in total. The van der Waals surface area contributed by atoms with Crippen molar-refractivity contribution in [1.82, 2.24) is 9.55 Å². The highest BCUT2D eigenvalue weighted by Crippen LogP contribution is 2.44. The Kier molecular flexibility index (Phi) is 4.23. The number of fused-ring (bicyclic) bond motifs is 1. The summed E-state index contributed by atoms with van der Waals surface area (Å²) in [7, 11) is 1.65. The van der Waals surface area contributed by atoms with Gasteiger partial charge in [-0.1, -0.05) is 0 Å². The average molecular weight is 315 g/mol. The lowest BCUT2D eigenvalue weighted by Gasteiger charge is -2.25. The third-order valence-electron chi connectivity index (χ3n) is 4.58. The molecule has 2 heterocycles. The molecule has 3 rings (SSSR count). The van der Waals surface area contributed by atoms with Gasteiger partial charge in [-0.3, -0.25) is 4.79 Å². The van der Waals surface area contributed by atoms with Crippen LogP contribution < -0.4 is 9.64 Å². The number of ether oxygens (including phenoxy) is 1. The number of hydrogen-bond acceptors (Lipinski definition) is 4. The normalized spacial score (nSPS) is 19.7. The highest BCUT2D eigenvalue weighted by Gasteiger charge is 2.36. The fourth-order valence-electron chi connectivity index (χ4n) is 3.39. The van der Waals surface area contributed by atoms with E-state index in [0.29, 0.717) is 0 Å². The Hall–Kier alpha value is -2.50. The van der Waals surface area contributed by atoms with Crippen molar-refractivity contribution in [1.29, 1.82) is 0 Å². The van der Waals surface area contributed by atoms with Crippen molar-refractivity contribution in [2.75, 3.05) is 18.6 Å². The van der Waals surface area contributed by atoms with Gasteiger partial charge in [0.05, 0.1) is 13.4 Å². The number of nitrogens with zero attached hydrogens (tertiary/aromatic N) is 3. The second-order valence-corrected chi connectivity index (χ2v) is 5.88. The first-order chi connectivity index (χ1) is 11.1. The smallest absolute Gasteiger partial charge is 0.323 e. The first-order valence-corrected chi connectivity index (χ1v) is 7.72. The van der Waals surface area contributed by atoms with Crippen LogP contribution in [0.5, 0.6) is 5.75 Å². The van der Waals surface area contributed by atoms with E-state index in [-0.39, 0.29) is 18.5 Å². The molecule has 0 saturated heterocycles. The zero-order chi connectivity index (χ0) is 16.4. The molecular weight excluding hydrogens is 294 g/mol. The SMILES string of the molecule is COc1ccc2c(c1)C(CCn1ccnc1)C(C)N2CC(=O)O. The number of imidazole rings is 1. The summed E-state index contributed by atoms with van der Waals surface area (Å²) in [5.74, 6) is 0.261. The van der Waals surface area contributed by atoms with Gasteiger partial charge in [0, 0.05) is 36.6 Å². The Labute approximate surface area is 135 Å². The monoisotopic (exact) mass is 315 g/mol. The summed E-state index contributed by atoms with van der Waals surface area (Å²) in [6.45, 7) is 2.96. The second kappa shape index (κ2) is 6.32. The molecule has 2 atom stereocenters. The van der Waals surface area contributed by atoms with Crippen LogP contribution in [-0.4, -0.2) is 40.3 Å². The van der Waals surface area contributed by atoms with Gasteiger partial charge in [0.2, 0.25) is 0 Å². The topological polar surface area (TPSA) is 67.6 Å². The fraction of sp³-hybridized carbons (Fsp3) is 0.412. The van der Waals surface area contributed by atoms with Crippen molar-refractivity contribution < 1.29 is 14.6 Å². The van der Waals surface area contributed by atoms with Crippen LogP contribution in [0.15, 0.2) is 36.9 Å². The molecule has 2 aromatic rings. The van der Waals surface area contributed by atoms with E-state index in [4.69, 9.17) is 4.74 Å². The number of methoxy groups -OCH3 is 1. The quantitative estimate of drug-likeness (QED) is 0.886. The number of benzene rings is 1. The summed E-state index contributed by atoms with van der Waals surface area (Å²) in [6, 6.07) is 6.02. The van der Waals surface area contributed by atoms with Crippen LogP contribution in [0.4, 0.5) is 5.69 Å². The zero-order valence-corrected chi connectivity index (χ0v) is 13.3. The molecule has 0 aliphatic carbocycles. The van der Waals surface area contributed by atoms with Crippen LogP contribution in [0.2, 0.25) is 0 Å². The largest absolute Gasteiger partial charge is 0.497 e. The van der Waals surface area contributed by atoms with Gasteiger partial charge in [-0.05, 0) is 37.1 Å². The van der Waals surface area contributed by atoms with Crippen LogP contribution >= 0.6 is 0 Å². The highest BCUT2D eigenvalue weighted by molar-refractivity contribution is 5.77. The molecule has 0 fully saturated rings. The molecule has 2 unspecified atom stereocenters. The number of aliphatic carboxylic acids is 1. The number of rotatable bonds is 6. The van der Waals surface area contributed by atoms with E-state index in [2.05, 4.69) is 11.9 Å². The Bertz CT molecular complexity index is 684. The number of aryl methyl sites for hydroxylation is 1. The number of carboxylic acid groups (broad SMARTS) is 1. The second-order valence-electron chi connectivity index (χ2n) is 5.88. The lowest BCUT2D eigenvalue weighted by atomic mass is 9.92. The molecule has 1 aliphatic rings. The molecule has 0 saturated carbocycles. The average Bonchev–Trinajstić information content (AvgIpc) is 3.13. The standard InChI is InChI=1S/C17H21N3O3/c1-12-14(5-7-19-8-6-18-11-19)15-9-13(23-2)3-4-16(15)20(12)10-17(21)22/h3-4,6,8-9,11-12,14H,5,7,10H2,1-2H3,(H,21,22). The molecule has 1 aromatic heterocycles. The van der Waals surface area contributed by atoms with Crippen LogP contribution in [0.1, 0.15) is 24.8 Å². The Morgan fingerprint density at radius 1 is 1.43 bits per heavy atom. The Morgan fingerprint density at radius 2 is 2.26 bits per heavy atom. The van der Waals surface area contributed by atoms with Crippen LogP contribution in [0.3, 0.4) is 0 Å². The Morgan fingerprint density at radius 3 is 2.91 bits per heavy atom. The zero-order valence-electron chi connectivity index (χ0n) is 13.3. The molecule has 0 bridgehead atoms. The summed E-state index contributed by atoms with van der Waals surface area (Å²) in [6.07, 6.45) is 6.45. The highest BCUT2D eigenvalue weighted by atomic mass is 16.5. The Balaban J connectivity index is 1.88. The summed E-state index contributed by atoms with van der Waals surface area (Å²) in [5, 5.41) is 9.21. The van der Waals surface area contributed by atoms with Crippen molar-refractivity contribution in [3.05, 3.63) is 42.5 Å². The first-order valence-electron chi connectivity index (χ1n) is 7.72. The fourth-order valence-corrected chi connectivity index (χ4v) is 3.39. The predicted molar refractivity (Wildman–Crippen MR) is 87.0 cm³/mol. The maximum atomic E-state index is 11.2. The lowest BCUT2D eigenvalue weighted by Crippen LogP contribution is -2.36. The number of aromatic nitrogens is 2. The van der Waals surface area contributed by atoms with Gasteiger partial charge in [0.1, 0.15) is 12.3 Å². The molecule has 1 aliphatic heterocycles. The van der Waals surface area contributed by atoms with Gasteiger partial charge >= 0.3 is 5.97 Å².